The van der Waals surface area contributed by atoms with Gasteiger partial charge in [0.1, 0.15) is 4.88 Å². The Morgan fingerprint density at radius 3 is 2.42 bits per heavy atom. The number of halogens is 3. The molecule has 9 heteroatoms. The van der Waals surface area contributed by atoms with Crippen LogP contribution < -0.4 is 10.2 Å². The van der Waals surface area contributed by atoms with E-state index in [2.05, 4.69) is 24.1 Å². The van der Waals surface area contributed by atoms with Gasteiger partial charge >= 0.3 is 0 Å². The van der Waals surface area contributed by atoms with Gasteiger partial charge in [0.25, 0.3) is 5.91 Å². The third-order valence-electron chi connectivity index (χ3n) is 5.56. The van der Waals surface area contributed by atoms with Gasteiger partial charge in [-0.15, -0.1) is 11.3 Å². The van der Waals surface area contributed by atoms with Crippen LogP contribution in [-0.2, 0) is 4.79 Å². The molecule has 0 radical (unpaired) electrons. The van der Waals surface area contributed by atoms with Crippen LogP contribution >= 0.6 is 46.1 Å². The molecule has 1 aromatic heterocycles. The van der Waals surface area contributed by atoms with Crippen molar-refractivity contribution in [3.8, 4) is 0 Å². The van der Waals surface area contributed by atoms with E-state index >= 15 is 0 Å². The van der Waals surface area contributed by atoms with Crippen molar-refractivity contribution in [3.05, 3.63) is 56.3 Å². The lowest BCUT2D eigenvalue weighted by Crippen LogP contribution is -2.49. The number of thiophene rings is 1. The highest BCUT2D eigenvalue weighted by molar-refractivity contribution is 7.21. The van der Waals surface area contributed by atoms with Crippen LogP contribution in [0, 0.1) is 5.92 Å². The Balaban J connectivity index is 1.43. The van der Waals surface area contributed by atoms with Gasteiger partial charge in [0.2, 0.25) is 5.91 Å². The van der Waals surface area contributed by atoms with Crippen molar-refractivity contribution >= 4 is 79.4 Å². The van der Waals surface area contributed by atoms with Crippen LogP contribution in [0.25, 0.3) is 10.1 Å². The molecular weight excluding hydrogens is 501 g/mol. The van der Waals surface area contributed by atoms with Gasteiger partial charge in [-0.25, -0.2) is 0 Å². The fraction of sp³-hybridized carbons (Fsp3) is 0.333. The molecule has 5 nitrogen and oxygen atoms in total. The zero-order chi connectivity index (χ0) is 23.7. The average molecular weight is 525 g/mol. The standard InChI is InChI=1S/C24H24Cl3N3O2S/c1-14(2)11-21(31)30-9-7-29(8-10-30)19-6-4-16(13-18(19)26)28-24(32)23-22(27)17-5-3-15(25)12-20(17)33-23/h3-6,12-14H,7-11H2,1-2H3,(H,28,32). The Hall–Kier alpha value is -1.99. The first-order chi connectivity index (χ1) is 15.7. The number of piperazine rings is 1. The van der Waals surface area contributed by atoms with Crippen LogP contribution in [-0.4, -0.2) is 42.9 Å². The van der Waals surface area contributed by atoms with Crippen molar-refractivity contribution in [2.45, 2.75) is 20.3 Å². The molecule has 174 valence electrons. The molecule has 0 bridgehead atoms. The highest BCUT2D eigenvalue weighted by atomic mass is 35.5. The van der Waals surface area contributed by atoms with Crippen molar-refractivity contribution < 1.29 is 9.59 Å². The molecule has 0 atom stereocenters. The van der Waals surface area contributed by atoms with Gasteiger partial charge in [-0.3, -0.25) is 9.59 Å². The average Bonchev–Trinajstić information content (AvgIpc) is 3.09. The maximum Gasteiger partial charge on any atom is 0.267 e. The summed E-state index contributed by atoms with van der Waals surface area (Å²) in [5, 5.41) is 5.24. The monoisotopic (exact) mass is 523 g/mol. The molecule has 1 saturated heterocycles. The summed E-state index contributed by atoms with van der Waals surface area (Å²) in [4.78, 5) is 29.7. The summed E-state index contributed by atoms with van der Waals surface area (Å²) in [6.07, 6.45) is 0.575. The number of hydrogen-bond acceptors (Lipinski definition) is 4. The predicted molar refractivity (Wildman–Crippen MR) is 139 cm³/mol. The smallest absolute Gasteiger partial charge is 0.267 e. The third kappa shape index (κ3) is 5.40. The zero-order valence-electron chi connectivity index (χ0n) is 18.3. The van der Waals surface area contributed by atoms with Crippen LogP contribution in [0.3, 0.4) is 0 Å². The van der Waals surface area contributed by atoms with Gasteiger partial charge in [-0.2, -0.15) is 0 Å². The Morgan fingerprint density at radius 2 is 1.76 bits per heavy atom. The van der Waals surface area contributed by atoms with Gasteiger partial charge in [0.05, 0.1) is 15.7 Å². The van der Waals surface area contributed by atoms with E-state index in [0.29, 0.717) is 51.1 Å². The van der Waals surface area contributed by atoms with Gasteiger partial charge in [0, 0.05) is 53.4 Å². The highest BCUT2D eigenvalue weighted by Gasteiger charge is 2.23. The Bertz CT molecular complexity index is 1200. The summed E-state index contributed by atoms with van der Waals surface area (Å²) in [5.74, 6) is 0.266. The molecule has 33 heavy (non-hydrogen) atoms. The van der Waals surface area contributed by atoms with E-state index < -0.39 is 0 Å². The quantitative estimate of drug-likeness (QED) is 0.399. The van der Waals surface area contributed by atoms with Crippen LogP contribution in [0.4, 0.5) is 11.4 Å². The zero-order valence-corrected chi connectivity index (χ0v) is 21.4. The van der Waals surface area contributed by atoms with Crippen molar-refractivity contribution in [2.24, 2.45) is 5.92 Å². The third-order valence-corrected chi connectivity index (χ3v) is 7.75. The van der Waals surface area contributed by atoms with Crippen molar-refractivity contribution in [1.82, 2.24) is 4.90 Å². The SMILES string of the molecule is CC(C)CC(=O)N1CCN(c2ccc(NC(=O)c3sc4cc(Cl)ccc4c3Cl)cc2Cl)CC1. The lowest BCUT2D eigenvalue weighted by molar-refractivity contribution is -0.132. The maximum absolute atomic E-state index is 12.9. The lowest BCUT2D eigenvalue weighted by atomic mass is 10.1. The Kier molecular flexibility index (Phi) is 7.39. The number of carbonyl (C=O) groups excluding carboxylic acids is 2. The fourth-order valence-electron chi connectivity index (χ4n) is 3.89. The molecule has 0 spiro atoms. The second-order valence-electron chi connectivity index (χ2n) is 8.47. The summed E-state index contributed by atoms with van der Waals surface area (Å²) in [6, 6.07) is 10.8. The molecular formula is C24H24Cl3N3O2S. The fourth-order valence-corrected chi connectivity index (χ4v) is 5.88. The highest BCUT2D eigenvalue weighted by Crippen LogP contribution is 2.37. The van der Waals surface area contributed by atoms with Gasteiger partial charge in [0.15, 0.2) is 0 Å². The number of nitrogens with one attached hydrogen (secondary N) is 1. The van der Waals surface area contributed by atoms with E-state index in [0.717, 1.165) is 28.9 Å². The van der Waals surface area contributed by atoms with Gasteiger partial charge in [-0.1, -0.05) is 54.7 Å². The molecule has 1 aliphatic rings. The van der Waals surface area contributed by atoms with Crippen molar-refractivity contribution in [3.63, 3.8) is 0 Å². The van der Waals surface area contributed by atoms with E-state index in [1.165, 1.54) is 11.3 Å². The number of hydrogen-bond donors (Lipinski definition) is 1. The van der Waals surface area contributed by atoms with Crippen LogP contribution in [0.5, 0.6) is 0 Å². The summed E-state index contributed by atoms with van der Waals surface area (Å²) in [6.45, 7) is 6.89. The van der Waals surface area contributed by atoms with E-state index in [4.69, 9.17) is 34.8 Å². The molecule has 2 aromatic carbocycles. The minimum absolute atomic E-state index is 0.205. The molecule has 1 aliphatic heterocycles. The Labute approximate surface area is 212 Å². The molecule has 2 heterocycles. The molecule has 0 saturated carbocycles. The predicted octanol–water partition coefficient (Wildman–Crippen LogP) is 6.81. The Morgan fingerprint density at radius 1 is 1.03 bits per heavy atom. The van der Waals surface area contributed by atoms with Crippen LogP contribution in [0.1, 0.15) is 29.9 Å². The topological polar surface area (TPSA) is 52.7 Å². The summed E-state index contributed by atoms with van der Waals surface area (Å²) in [7, 11) is 0. The molecule has 3 aromatic rings. The minimum Gasteiger partial charge on any atom is -0.367 e. The van der Waals surface area contributed by atoms with E-state index in [-0.39, 0.29) is 11.8 Å². The second kappa shape index (κ2) is 10.1. The first-order valence-electron chi connectivity index (χ1n) is 10.7. The van der Waals surface area contributed by atoms with E-state index in [1.54, 1.807) is 18.2 Å². The van der Waals surface area contributed by atoms with Crippen molar-refractivity contribution in [1.29, 1.82) is 0 Å². The molecule has 4 rings (SSSR count). The normalized spacial score (nSPS) is 14.2. The van der Waals surface area contributed by atoms with E-state index in [1.807, 2.05) is 23.1 Å². The number of fused-ring (bicyclic) bond motifs is 1. The number of rotatable bonds is 5. The molecule has 2 amide bonds. The molecule has 1 N–H and O–H groups in total. The first-order valence-corrected chi connectivity index (χ1v) is 12.7. The summed E-state index contributed by atoms with van der Waals surface area (Å²) >= 11 is 20.4. The number of carbonyl (C=O) groups is 2. The molecule has 0 unspecified atom stereocenters. The second-order valence-corrected chi connectivity index (χ2v) is 10.7. The number of nitrogens with zero attached hydrogens (tertiary/aromatic N) is 2. The van der Waals surface area contributed by atoms with Crippen LogP contribution in [0.2, 0.25) is 15.1 Å². The van der Waals surface area contributed by atoms with E-state index in [9.17, 15) is 9.59 Å². The number of amides is 2. The molecule has 0 aliphatic carbocycles. The molecule has 1 fully saturated rings. The van der Waals surface area contributed by atoms with Crippen LogP contribution in [0.15, 0.2) is 36.4 Å². The maximum atomic E-state index is 12.9. The summed E-state index contributed by atoms with van der Waals surface area (Å²) in [5.41, 5.74) is 1.48. The minimum atomic E-state index is -0.293. The number of anilines is 2. The van der Waals surface area contributed by atoms with Gasteiger partial charge in [-0.05, 0) is 36.2 Å². The number of benzene rings is 2. The van der Waals surface area contributed by atoms with Crippen molar-refractivity contribution in [2.75, 3.05) is 36.4 Å². The summed E-state index contributed by atoms with van der Waals surface area (Å²) < 4.78 is 0.858. The largest absolute Gasteiger partial charge is 0.367 e. The van der Waals surface area contributed by atoms with Gasteiger partial charge < -0.3 is 15.1 Å². The first kappa shape index (κ1) is 24.1. The lowest BCUT2D eigenvalue weighted by Gasteiger charge is -2.36.